The third-order valence-corrected chi connectivity index (χ3v) is 3.12. The van der Waals surface area contributed by atoms with Crippen LogP contribution in [0.2, 0.25) is 0 Å². The first-order valence-electron chi connectivity index (χ1n) is 3.92. The van der Waals surface area contributed by atoms with Crippen LogP contribution >= 0.6 is 23.6 Å². The fourth-order valence-electron chi connectivity index (χ4n) is 1.33. The SMILES string of the molecule is CCc1cccc2sc(=S)[nH]c12.[Zn]. The van der Waals surface area contributed by atoms with Gasteiger partial charge in [-0.1, -0.05) is 19.1 Å². The molecule has 1 heterocycles. The van der Waals surface area contributed by atoms with Crippen molar-refractivity contribution in [3.63, 3.8) is 0 Å². The van der Waals surface area contributed by atoms with Crippen molar-refractivity contribution in [2.24, 2.45) is 0 Å². The van der Waals surface area contributed by atoms with Crippen LogP contribution in [-0.2, 0) is 25.9 Å². The maximum absolute atomic E-state index is 5.08. The Morgan fingerprint density at radius 1 is 1.46 bits per heavy atom. The Morgan fingerprint density at radius 3 is 2.92 bits per heavy atom. The predicted octanol–water partition coefficient (Wildman–Crippen LogP) is 3.52. The molecule has 2 rings (SSSR count). The van der Waals surface area contributed by atoms with E-state index in [4.69, 9.17) is 12.2 Å². The normalized spacial score (nSPS) is 9.92. The van der Waals surface area contributed by atoms with Gasteiger partial charge in [0.05, 0.1) is 10.2 Å². The number of benzene rings is 1. The van der Waals surface area contributed by atoms with Crippen molar-refractivity contribution in [1.29, 1.82) is 0 Å². The van der Waals surface area contributed by atoms with Gasteiger partial charge in [0.15, 0.2) is 3.95 Å². The summed E-state index contributed by atoms with van der Waals surface area (Å²) in [6.45, 7) is 2.16. The third-order valence-electron chi connectivity index (χ3n) is 1.92. The molecule has 0 unspecified atom stereocenters. The van der Waals surface area contributed by atoms with Crippen LogP contribution in [0, 0.1) is 3.95 Å². The van der Waals surface area contributed by atoms with Gasteiger partial charge in [0.2, 0.25) is 0 Å². The Hall–Kier alpha value is -0.0466. The molecular weight excluding hydrogens is 252 g/mol. The van der Waals surface area contributed by atoms with Crippen molar-refractivity contribution < 1.29 is 19.5 Å². The monoisotopic (exact) mass is 259 g/mol. The molecule has 0 saturated heterocycles. The van der Waals surface area contributed by atoms with Crippen molar-refractivity contribution in [3.05, 3.63) is 27.7 Å². The van der Waals surface area contributed by atoms with Crippen LogP contribution in [0.4, 0.5) is 0 Å². The molecule has 0 radical (unpaired) electrons. The van der Waals surface area contributed by atoms with Crippen molar-refractivity contribution in [3.8, 4) is 0 Å². The molecule has 1 N–H and O–H groups in total. The van der Waals surface area contributed by atoms with Gasteiger partial charge in [-0.15, -0.1) is 11.3 Å². The molecule has 1 nitrogen and oxygen atoms in total. The number of aromatic amines is 1. The smallest absolute Gasteiger partial charge is 0.159 e. The molecular formula is C9H9NS2Zn. The van der Waals surface area contributed by atoms with Crippen LogP contribution in [0.25, 0.3) is 10.2 Å². The number of hydrogen-bond acceptors (Lipinski definition) is 2. The minimum atomic E-state index is 0. The van der Waals surface area contributed by atoms with Gasteiger partial charge in [-0.2, -0.15) is 0 Å². The second-order valence-corrected chi connectivity index (χ2v) is 4.38. The molecule has 0 atom stereocenters. The van der Waals surface area contributed by atoms with E-state index in [0.29, 0.717) is 0 Å². The topological polar surface area (TPSA) is 15.8 Å². The molecule has 0 amide bonds. The van der Waals surface area contributed by atoms with Crippen LogP contribution in [0.5, 0.6) is 0 Å². The van der Waals surface area contributed by atoms with Crippen LogP contribution in [0.1, 0.15) is 12.5 Å². The fourth-order valence-corrected chi connectivity index (χ4v) is 2.48. The summed E-state index contributed by atoms with van der Waals surface area (Å²) in [4.78, 5) is 3.21. The van der Waals surface area contributed by atoms with Gasteiger partial charge in [0.1, 0.15) is 0 Å². The number of H-pyrrole nitrogens is 1. The van der Waals surface area contributed by atoms with Crippen molar-refractivity contribution in [2.45, 2.75) is 13.3 Å². The molecule has 0 bridgehead atoms. The van der Waals surface area contributed by atoms with Gasteiger partial charge in [-0.25, -0.2) is 0 Å². The van der Waals surface area contributed by atoms with Gasteiger partial charge in [0, 0.05) is 19.5 Å². The van der Waals surface area contributed by atoms with E-state index in [-0.39, 0.29) is 19.5 Å². The zero-order valence-electron chi connectivity index (χ0n) is 7.46. The molecule has 0 aliphatic carbocycles. The first kappa shape index (κ1) is 11.0. The second kappa shape index (κ2) is 4.45. The van der Waals surface area contributed by atoms with Crippen LogP contribution in [0.3, 0.4) is 0 Å². The summed E-state index contributed by atoms with van der Waals surface area (Å²) >= 11 is 6.72. The summed E-state index contributed by atoms with van der Waals surface area (Å²) in [5, 5.41) is 0. The number of nitrogens with one attached hydrogen (secondary N) is 1. The molecule has 13 heavy (non-hydrogen) atoms. The van der Waals surface area contributed by atoms with Gasteiger partial charge in [-0.05, 0) is 30.3 Å². The summed E-state index contributed by atoms with van der Waals surface area (Å²) in [5.74, 6) is 0. The Bertz CT molecular complexity index is 458. The third kappa shape index (κ3) is 2.06. The number of aromatic nitrogens is 1. The molecule has 0 spiro atoms. The number of thiazole rings is 1. The Morgan fingerprint density at radius 2 is 2.23 bits per heavy atom. The Balaban J connectivity index is 0.000000845. The zero-order valence-corrected chi connectivity index (χ0v) is 12.1. The van der Waals surface area contributed by atoms with Crippen molar-refractivity contribution >= 4 is 33.8 Å². The average molecular weight is 261 g/mol. The summed E-state index contributed by atoms with van der Waals surface area (Å²) in [5.41, 5.74) is 2.56. The van der Waals surface area contributed by atoms with E-state index >= 15 is 0 Å². The van der Waals surface area contributed by atoms with E-state index in [0.717, 1.165) is 10.4 Å². The number of hydrogen-bond donors (Lipinski definition) is 1. The van der Waals surface area contributed by atoms with Crippen LogP contribution < -0.4 is 0 Å². The molecule has 2 aromatic rings. The summed E-state index contributed by atoms with van der Waals surface area (Å²) in [6, 6.07) is 6.33. The van der Waals surface area contributed by atoms with Gasteiger partial charge in [-0.3, -0.25) is 0 Å². The molecule has 0 aliphatic heterocycles. The van der Waals surface area contributed by atoms with E-state index in [1.54, 1.807) is 11.3 Å². The summed E-state index contributed by atoms with van der Waals surface area (Å²) in [6.07, 6.45) is 1.05. The van der Waals surface area contributed by atoms with Crippen molar-refractivity contribution in [1.82, 2.24) is 4.98 Å². The standard InChI is InChI=1S/C9H9NS2.Zn/c1-2-6-4-3-5-7-8(6)10-9(11)12-7;/h3-5H,2H2,1H3,(H,10,11);. The first-order valence-corrected chi connectivity index (χ1v) is 5.14. The summed E-state index contributed by atoms with van der Waals surface area (Å²) in [7, 11) is 0. The van der Waals surface area contributed by atoms with Crippen LogP contribution in [-0.4, -0.2) is 4.98 Å². The maximum atomic E-state index is 5.08. The molecule has 1 aromatic carbocycles. The van der Waals surface area contributed by atoms with E-state index in [2.05, 4.69) is 30.1 Å². The van der Waals surface area contributed by atoms with Gasteiger partial charge < -0.3 is 4.98 Å². The molecule has 0 aliphatic rings. The number of aryl methyl sites for hydroxylation is 1. The minimum Gasteiger partial charge on any atom is -0.337 e. The van der Waals surface area contributed by atoms with Crippen molar-refractivity contribution in [2.75, 3.05) is 0 Å². The van der Waals surface area contributed by atoms with Gasteiger partial charge in [0.25, 0.3) is 0 Å². The molecule has 0 saturated carbocycles. The average Bonchev–Trinajstić information content (AvgIpc) is 2.44. The van der Waals surface area contributed by atoms with Crippen LogP contribution in [0.15, 0.2) is 18.2 Å². The summed E-state index contributed by atoms with van der Waals surface area (Å²) < 4.78 is 2.13. The number of rotatable bonds is 1. The van der Waals surface area contributed by atoms with E-state index in [1.165, 1.54) is 15.8 Å². The Kier molecular flexibility index (Phi) is 3.78. The molecule has 1 aromatic heterocycles. The molecule has 64 valence electrons. The molecule has 4 heteroatoms. The molecule has 0 fully saturated rings. The Labute approximate surface area is 98.9 Å². The quantitative estimate of drug-likeness (QED) is 0.613. The predicted molar refractivity (Wildman–Crippen MR) is 56.4 cm³/mol. The maximum Gasteiger partial charge on any atom is 0.159 e. The first-order chi connectivity index (χ1) is 5.81. The van der Waals surface area contributed by atoms with E-state index < -0.39 is 0 Å². The zero-order chi connectivity index (χ0) is 8.55. The largest absolute Gasteiger partial charge is 0.337 e. The number of fused-ring (bicyclic) bond motifs is 1. The van der Waals surface area contributed by atoms with E-state index in [1.807, 2.05) is 0 Å². The second-order valence-electron chi connectivity index (χ2n) is 2.66. The fraction of sp³-hybridized carbons (Fsp3) is 0.222. The number of para-hydroxylation sites is 1. The minimum absolute atomic E-state index is 0. The van der Waals surface area contributed by atoms with E-state index in [9.17, 15) is 0 Å². The van der Waals surface area contributed by atoms with Gasteiger partial charge >= 0.3 is 0 Å².